The van der Waals surface area contributed by atoms with E-state index in [0.29, 0.717) is 0 Å². The van der Waals surface area contributed by atoms with Crippen molar-refractivity contribution in [3.05, 3.63) is 78.0 Å². The minimum atomic E-state index is 0.0803. The van der Waals surface area contributed by atoms with E-state index in [0.717, 1.165) is 69.2 Å². The van der Waals surface area contributed by atoms with Crippen LogP contribution >= 0.6 is 0 Å². The van der Waals surface area contributed by atoms with Crippen molar-refractivity contribution in [1.29, 1.82) is 0 Å². The van der Waals surface area contributed by atoms with Crippen LogP contribution in [-0.2, 0) is 11.3 Å². The van der Waals surface area contributed by atoms with Gasteiger partial charge < -0.3 is 15.1 Å². The van der Waals surface area contributed by atoms with Crippen molar-refractivity contribution < 1.29 is 4.79 Å². The van der Waals surface area contributed by atoms with Gasteiger partial charge in [-0.1, -0.05) is 60.2 Å². The molecule has 1 N–H and O–H groups in total. The van der Waals surface area contributed by atoms with Gasteiger partial charge in [0.1, 0.15) is 5.82 Å². The van der Waals surface area contributed by atoms with Gasteiger partial charge in [0, 0.05) is 43.9 Å². The lowest BCUT2D eigenvalue weighted by Gasteiger charge is -2.32. The van der Waals surface area contributed by atoms with E-state index in [2.05, 4.69) is 82.6 Å². The molecule has 0 bridgehead atoms. The highest BCUT2D eigenvalue weighted by atomic mass is 16.1. The molecule has 0 unspecified atom stereocenters. The van der Waals surface area contributed by atoms with E-state index in [4.69, 9.17) is 4.98 Å². The fourth-order valence-corrected chi connectivity index (χ4v) is 4.42. The highest BCUT2D eigenvalue weighted by molar-refractivity contribution is 5.79. The first-order valence-corrected chi connectivity index (χ1v) is 12.2. The van der Waals surface area contributed by atoms with E-state index < -0.39 is 0 Å². The van der Waals surface area contributed by atoms with E-state index in [1.807, 2.05) is 18.3 Å². The minimum absolute atomic E-state index is 0.0803. The van der Waals surface area contributed by atoms with Gasteiger partial charge in [-0.2, -0.15) is 0 Å². The van der Waals surface area contributed by atoms with Crippen molar-refractivity contribution in [3.8, 4) is 11.4 Å². The van der Waals surface area contributed by atoms with E-state index in [-0.39, 0.29) is 11.8 Å². The van der Waals surface area contributed by atoms with Crippen molar-refractivity contribution in [2.75, 3.05) is 38.1 Å². The Hall–Kier alpha value is -3.25. The quantitative estimate of drug-likeness (QED) is 0.485. The third-order valence-corrected chi connectivity index (χ3v) is 6.45. The van der Waals surface area contributed by atoms with Crippen LogP contribution in [0.3, 0.4) is 0 Å². The van der Waals surface area contributed by atoms with Gasteiger partial charge in [0.25, 0.3) is 0 Å². The summed E-state index contributed by atoms with van der Waals surface area (Å²) in [7, 11) is 2.13. The lowest BCUT2D eigenvalue weighted by Crippen LogP contribution is -2.41. The van der Waals surface area contributed by atoms with Gasteiger partial charge in [-0.15, -0.1) is 0 Å². The lowest BCUT2D eigenvalue weighted by molar-refractivity contribution is -0.125. The Kier molecular flexibility index (Phi) is 8.26. The summed E-state index contributed by atoms with van der Waals surface area (Å²) in [5.41, 5.74) is 3.56. The molecule has 178 valence electrons. The van der Waals surface area contributed by atoms with Crippen molar-refractivity contribution in [2.45, 2.75) is 32.7 Å². The van der Waals surface area contributed by atoms with Gasteiger partial charge in [-0.3, -0.25) is 4.79 Å². The number of carbonyl (C=O) groups excluding carboxylic acids is 1. The number of carbonyl (C=O) groups is 1. The average molecular weight is 458 g/mol. The first-order valence-electron chi connectivity index (χ1n) is 12.2. The third kappa shape index (κ3) is 6.64. The summed E-state index contributed by atoms with van der Waals surface area (Å²) < 4.78 is 0. The molecule has 1 aliphatic rings. The van der Waals surface area contributed by atoms with Crippen molar-refractivity contribution >= 4 is 11.7 Å². The highest BCUT2D eigenvalue weighted by Crippen LogP contribution is 2.24. The molecule has 3 aromatic rings. The molecule has 6 heteroatoms. The standard InChI is InChI=1S/C28H35N5O/c1-22-9-11-24(12-10-22)27-29-17-13-26(31-27)33-19-14-25(15-20-33)28(34)30-16-6-18-32(2)21-23-7-4-3-5-8-23/h3-5,7-13,17,25H,6,14-16,18-21H2,1-2H3,(H,30,34). The number of rotatable bonds is 9. The predicted octanol–water partition coefficient (Wildman–Crippen LogP) is 4.31. The summed E-state index contributed by atoms with van der Waals surface area (Å²) in [6, 6.07) is 20.7. The summed E-state index contributed by atoms with van der Waals surface area (Å²) in [6.07, 6.45) is 4.48. The second kappa shape index (κ2) is 11.7. The zero-order valence-electron chi connectivity index (χ0n) is 20.3. The summed E-state index contributed by atoms with van der Waals surface area (Å²) in [6.45, 7) is 6.37. The fraction of sp³-hybridized carbons (Fsp3) is 0.393. The number of nitrogens with zero attached hydrogens (tertiary/aromatic N) is 4. The smallest absolute Gasteiger partial charge is 0.223 e. The fourth-order valence-electron chi connectivity index (χ4n) is 4.42. The van der Waals surface area contributed by atoms with E-state index in [9.17, 15) is 4.79 Å². The Morgan fingerprint density at radius 1 is 1.06 bits per heavy atom. The molecule has 4 rings (SSSR count). The monoisotopic (exact) mass is 457 g/mol. The molecule has 6 nitrogen and oxygen atoms in total. The lowest BCUT2D eigenvalue weighted by atomic mass is 9.96. The van der Waals surface area contributed by atoms with Crippen LogP contribution in [0.25, 0.3) is 11.4 Å². The number of aryl methyl sites for hydroxylation is 1. The Bertz CT molecular complexity index is 1050. The molecule has 1 aromatic heterocycles. The molecular weight excluding hydrogens is 422 g/mol. The topological polar surface area (TPSA) is 61.4 Å². The van der Waals surface area contributed by atoms with Gasteiger partial charge in [0.2, 0.25) is 5.91 Å². The van der Waals surface area contributed by atoms with Crippen LogP contribution in [0.1, 0.15) is 30.4 Å². The summed E-state index contributed by atoms with van der Waals surface area (Å²) in [5, 5.41) is 3.15. The molecule has 0 spiro atoms. The normalized spacial score (nSPS) is 14.4. The van der Waals surface area contributed by atoms with Crippen LogP contribution in [0.4, 0.5) is 5.82 Å². The number of aromatic nitrogens is 2. The first kappa shape index (κ1) is 23.9. The van der Waals surface area contributed by atoms with Crippen molar-refractivity contribution in [2.24, 2.45) is 5.92 Å². The molecule has 0 aliphatic carbocycles. The van der Waals surface area contributed by atoms with Gasteiger partial charge in [0.05, 0.1) is 0 Å². The molecule has 2 aromatic carbocycles. The van der Waals surface area contributed by atoms with Crippen molar-refractivity contribution in [3.63, 3.8) is 0 Å². The molecule has 2 heterocycles. The number of nitrogens with one attached hydrogen (secondary N) is 1. The van der Waals surface area contributed by atoms with Crippen LogP contribution in [0.2, 0.25) is 0 Å². The SMILES string of the molecule is Cc1ccc(-c2nccc(N3CCC(C(=O)NCCCN(C)Cc4ccccc4)CC3)n2)cc1. The average Bonchev–Trinajstić information content (AvgIpc) is 2.88. The highest BCUT2D eigenvalue weighted by Gasteiger charge is 2.25. The minimum Gasteiger partial charge on any atom is -0.356 e. The Balaban J connectivity index is 1.19. The van der Waals surface area contributed by atoms with Gasteiger partial charge in [-0.05, 0) is 51.4 Å². The molecule has 1 amide bonds. The number of hydrogen-bond acceptors (Lipinski definition) is 5. The maximum atomic E-state index is 12.7. The van der Waals surface area contributed by atoms with Gasteiger partial charge >= 0.3 is 0 Å². The number of amides is 1. The molecule has 1 aliphatic heterocycles. The third-order valence-electron chi connectivity index (χ3n) is 6.45. The second-order valence-electron chi connectivity index (χ2n) is 9.23. The number of piperidine rings is 1. The number of benzene rings is 2. The van der Waals surface area contributed by atoms with Crippen LogP contribution in [0.15, 0.2) is 66.9 Å². The predicted molar refractivity (Wildman–Crippen MR) is 138 cm³/mol. The summed E-state index contributed by atoms with van der Waals surface area (Å²) in [4.78, 5) is 26.5. The van der Waals surface area contributed by atoms with E-state index in [1.165, 1.54) is 11.1 Å². The Morgan fingerprint density at radius 3 is 2.53 bits per heavy atom. The molecule has 0 radical (unpaired) electrons. The maximum Gasteiger partial charge on any atom is 0.223 e. The molecular formula is C28H35N5O. The summed E-state index contributed by atoms with van der Waals surface area (Å²) >= 11 is 0. The molecule has 0 saturated carbocycles. The first-order chi connectivity index (χ1) is 16.6. The van der Waals surface area contributed by atoms with E-state index in [1.54, 1.807) is 0 Å². The molecule has 34 heavy (non-hydrogen) atoms. The van der Waals surface area contributed by atoms with Crippen LogP contribution in [0.5, 0.6) is 0 Å². The zero-order chi connectivity index (χ0) is 23.8. The number of hydrogen-bond donors (Lipinski definition) is 1. The van der Waals surface area contributed by atoms with Crippen LogP contribution in [0, 0.1) is 12.8 Å². The Morgan fingerprint density at radius 2 is 1.79 bits per heavy atom. The zero-order valence-corrected chi connectivity index (χ0v) is 20.3. The van der Waals surface area contributed by atoms with Crippen LogP contribution in [-0.4, -0.2) is 54.0 Å². The molecule has 0 atom stereocenters. The Labute approximate surface area is 203 Å². The largest absolute Gasteiger partial charge is 0.356 e. The second-order valence-corrected chi connectivity index (χ2v) is 9.23. The van der Waals surface area contributed by atoms with E-state index >= 15 is 0 Å². The maximum absolute atomic E-state index is 12.7. The van der Waals surface area contributed by atoms with Crippen molar-refractivity contribution in [1.82, 2.24) is 20.2 Å². The number of anilines is 1. The molecule has 1 fully saturated rings. The van der Waals surface area contributed by atoms with Gasteiger partial charge in [-0.25, -0.2) is 9.97 Å². The van der Waals surface area contributed by atoms with Gasteiger partial charge in [0.15, 0.2) is 5.82 Å². The summed E-state index contributed by atoms with van der Waals surface area (Å²) in [5.74, 6) is 1.95. The van der Waals surface area contributed by atoms with Crippen LogP contribution < -0.4 is 10.2 Å². The molecule has 1 saturated heterocycles.